The van der Waals surface area contributed by atoms with Crippen molar-refractivity contribution in [1.82, 2.24) is 10.2 Å². The van der Waals surface area contributed by atoms with Gasteiger partial charge in [-0.15, -0.1) is 0 Å². The van der Waals surface area contributed by atoms with E-state index >= 15 is 0 Å². The van der Waals surface area contributed by atoms with Crippen molar-refractivity contribution >= 4 is 18.2 Å². The number of nitrogens with zero attached hydrogens (tertiary/aromatic N) is 1. The molecule has 30 heavy (non-hydrogen) atoms. The number of likely N-dealkylation sites (tertiary alicyclic amines) is 1. The van der Waals surface area contributed by atoms with Crippen molar-refractivity contribution in [1.29, 1.82) is 0 Å². The number of carbonyl (C=O) groups excluding carboxylic acids is 3. The van der Waals surface area contributed by atoms with Crippen LogP contribution in [0.15, 0.2) is 0 Å². The Labute approximate surface area is 186 Å². The standard InChI is InChI=1S/C10H17N3O3.C5H12O.C4H10.2C2H6/c1-7(10(11)16)8-3-2-4-13(8)9(15)5-12-6-14;1-5(2,3)6-4;1-4(2)3;2*1-2/h6-8H,2-5H2,1H3,(H2,11,16)(H,12,14);1-4H3;4H,1-3H3;2*1-2H3. The van der Waals surface area contributed by atoms with Gasteiger partial charge in [-0.3, -0.25) is 14.4 Å². The van der Waals surface area contributed by atoms with E-state index in [-0.39, 0.29) is 30.0 Å². The summed E-state index contributed by atoms with van der Waals surface area (Å²) >= 11 is 0. The predicted molar refractivity (Wildman–Crippen MR) is 127 cm³/mol. The summed E-state index contributed by atoms with van der Waals surface area (Å²) in [5.41, 5.74) is 5.27. The van der Waals surface area contributed by atoms with Crippen LogP contribution < -0.4 is 11.1 Å². The third-order valence-electron chi connectivity index (χ3n) is 3.59. The lowest BCUT2D eigenvalue weighted by Crippen LogP contribution is -2.46. The number of nitrogens with two attached hydrogens (primary N) is 1. The summed E-state index contributed by atoms with van der Waals surface area (Å²) < 4.78 is 4.94. The van der Waals surface area contributed by atoms with Crippen LogP contribution in [0.2, 0.25) is 0 Å². The summed E-state index contributed by atoms with van der Waals surface area (Å²) in [7, 11) is 1.71. The van der Waals surface area contributed by atoms with Gasteiger partial charge in [0.05, 0.1) is 18.1 Å². The first-order chi connectivity index (χ1) is 13.9. The predicted octanol–water partition coefficient (Wildman–Crippen LogP) is 3.99. The van der Waals surface area contributed by atoms with Gasteiger partial charge in [0, 0.05) is 19.7 Å². The number of ether oxygens (including phenoxy) is 1. The molecule has 0 radical (unpaired) electrons. The fourth-order valence-electron chi connectivity index (χ4n) is 2.04. The molecule has 7 heteroatoms. The van der Waals surface area contributed by atoms with Crippen molar-refractivity contribution in [2.45, 2.75) is 101 Å². The number of hydrogen-bond acceptors (Lipinski definition) is 4. The summed E-state index contributed by atoms with van der Waals surface area (Å²) in [6.45, 7) is 22.9. The maximum Gasteiger partial charge on any atom is 0.242 e. The number of methoxy groups -OCH3 is 1. The molecule has 0 bridgehead atoms. The van der Waals surface area contributed by atoms with E-state index in [2.05, 4.69) is 26.1 Å². The molecule has 7 nitrogen and oxygen atoms in total. The molecule has 0 aromatic heterocycles. The first-order valence-corrected chi connectivity index (χ1v) is 11.2. The average Bonchev–Trinajstić information content (AvgIpc) is 3.18. The van der Waals surface area contributed by atoms with Crippen molar-refractivity contribution in [2.75, 3.05) is 20.2 Å². The van der Waals surface area contributed by atoms with Crippen LogP contribution >= 0.6 is 0 Å². The molecule has 0 aromatic rings. The monoisotopic (exact) mass is 433 g/mol. The average molecular weight is 434 g/mol. The van der Waals surface area contributed by atoms with Crippen LogP contribution in [0, 0.1) is 11.8 Å². The molecule has 2 unspecified atom stereocenters. The Morgan fingerprint density at radius 3 is 1.83 bits per heavy atom. The molecule has 1 fully saturated rings. The van der Waals surface area contributed by atoms with Gasteiger partial charge in [0.15, 0.2) is 0 Å². The minimum atomic E-state index is -0.395. The quantitative estimate of drug-likeness (QED) is 0.640. The number of rotatable bonds is 5. The lowest BCUT2D eigenvalue weighted by atomic mass is 9.99. The van der Waals surface area contributed by atoms with E-state index in [1.165, 1.54) is 0 Å². The zero-order chi connectivity index (χ0) is 24.9. The number of amides is 3. The second kappa shape index (κ2) is 22.1. The van der Waals surface area contributed by atoms with Crippen molar-refractivity contribution < 1.29 is 19.1 Å². The highest BCUT2D eigenvalue weighted by Gasteiger charge is 2.34. The molecule has 1 heterocycles. The zero-order valence-corrected chi connectivity index (χ0v) is 21.8. The summed E-state index contributed by atoms with van der Waals surface area (Å²) in [6, 6.07) is -0.126. The second-order valence-electron chi connectivity index (χ2n) is 8.04. The highest BCUT2D eigenvalue weighted by Crippen LogP contribution is 2.23. The molecule has 2 atom stereocenters. The van der Waals surface area contributed by atoms with Crippen LogP contribution in [0.4, 0.5) is 0 Å². The molecule has 182 valence electrons. The Bertz CT molecular complexity index is 418. The Morgan fingerprint density at radius 2 is 1.53 bits per heavy atom. The molecule has 0 aromatic carbocycles. The maximum atomic E-state index is 11.7. The fraction of sp³-hybridized carbons (Fsp3) is 0.870. The summed E-state index contributed by atoms with van der Waals surface area (Å²) in [5, 5.41) is 2.33. The van der Waals surface area contributed by atoms with Crippen LogP contribution in [0.1, 0.15) is 89.0 Å². The van der Waals surface area contributed by atoms with Gasteiger partial charge in [-0.1, -0.05) is 55.4 Å². The molecule has 0 aliphatic carbocycles. The molecule has 1 saturated heterocycles. The van der Waals surface area contributed by atoms with E-state index < -0.39 is 5.91 Å². The number of primary amides is 1. The Hall–Kier alpha value is -1.63. The number of nitrogens with one attached hydrogen (secondary N) is 1. The first-order valence-electron chi connectivity index (χ1n) is 11.2. The van der Waals surface area contributed by atoms with E-state index in [9.17, 15) is 14.4 Å². The molecular weight excluding hydrogens is 382 g/mol. The largest absolute Gasteiger partial charge is 0.379 e. The third kappa shape index (κ3) is 22.7. The van der Waals surface area contributed by atoms with Gasteiger partial charge in [0.2, 0.25) is 18.2 Å². The molecule has 1 aliphatic rings. The van der Waals surface area contributed by atoms with Crippen LogP contribution in [0.25, 0.3) is 0 Å². The summed E-state index contributed by atoms with van der Waals surface area (Å²) in [6.07, 6.45) is 2.15. The van der Waals surface area contributed by atoms with Gasteiger partial charge in [-0.05, 0) is 39.5 Å². The maximum absolute atomic E-state index is 11.7. The van der Waals surface area contributed by atoms with E-state index in [0.717, 1.165) is 18.8 Å². The summed E-state index contributed by atoms with van der Waals surface area (Å²) in [5.74, 6) is -0.0709. The third-order valence-corrected chi connectivity index (χ3v) is 3.59. The van der Waals surface area contributed by atoms with E-state index in [1.807, 2.05) is 48.5 Å². The first kappa shape index (κ1) is 35.8. The molecule has 0 saturated carbocycles. The van der Waals surface area contributed by atoms with Gasteiger partial charge in [0.1, 0.15) is 0 Å². The fourth-order valence-corrected chi connectivity index (χ4v) is 2.04. The van der Waals surface area contributed by atoms with Crippen molar-refractivity contribution in [3.63, 3.8) is 0 Å². The van der Waals surface area contributed by atoms with Crippen LogP contribution in [0.5, 0.6) is 0 Å². The van der Waals surface area contributed by atoms with Crippen molar-refractivity contribution in [2.24, 2.45) is 17.6 Å². The Morgan fingerprint density at radius 1 is 1.13 bits per heavy atom. The van der Waals surface area contributed by atoms with Gasteiger partial charge >= 0.3 is 0 Å². The smallest absolute Gasteiger partial charge is 0.242 e. The minimum Gasteiger partial charge on any atom is -0.379 e. The normalized spacial score (nSPS) is 15.5. The minimum absolute atomic E-state index is 0.0223. The Balaban J connectivity index is -0.000000200. The molecule has 3 N–H and O–H groups in total. The van der Waals surface area contributed by atoms with E-state index in [1.54, 1.807) is 18.9 Å². The van der Waals surface area contributed by atoms with Crippen LogP contribution in [0.3, 0.4) is 0 Å². The summed E-state index contributed by atoms with van der Waals surface area (Å²) in [4.78, 5) is 34.5. The highest BCUT2D eigenvalue weighted by molar-refractivity contribution is 5.82. The van der Waals surface area contributed by atoms with Crippen LogP contribution in [-0.2, 0) is 19.1 Å². The highest BCUT2D eigenvalue weighted by atomic mass is 16.5. The topological polar surface area (TPSA) is 102 Å². The van der Waals surface area contributed by atoms with Crippen molar-refractivity contribution in [3.05, 3.63) is 0 Å². The van der Waals surface area contributed by atoms with E-state index in [0.29, 0.717) is 13.0 Å². The molecule has 3 amide bonds. The van der Waals surface area contributed by atoms with Crippen molar-refractivity contribution in [3.8, 4) is 0 Å². The van der Waals surface area contributed by atoms with E-state index in [4.69, 9.17) is 10.5 Å². The SMILES string of the molecule is CC.CC.CC(C(N)=O)C1CCCN1C(=O)CNC=O.CC(C)C.COC(C)(C)C. The van der Waals surface area contributed by atoms with Gasteiger partial charge in [-0.25, -0.2) is 0 Å². The second-order valence-corrected chi connectivity index (χ2v) is 8.04. The lowest BCUT2D eigenvalue weighted by Gasteiger charge is -2.27. The Kier molecular flexibility index (Phi) is 26.3. The molecular formula is C23H51N3O4. The van der Waals surface area contributed by atoms with Gasteiger partial charge < -0.3 is 20.7 Å². The zero-order valence-electron chi connectivity index (χ0n) is 21.8. The molecule has 0 spiro atoms. The van der Waals surface area contributed by atoms with Crippen LogP contribution in [-0.4, -0.2) is 55.0 Å². The lowest BCUT2D eigenvalue weighted by molar-refractivity contribution is -0.134. The number of carbonyl (C=O) groups is 3. The number of hydrogen-bond donors (Lipinski definition) is 2. The van der Waals surface area contributed by atoms with Gasteiger partial charge in [0.25, 0.3) is 0 Å². The molecule has 1 rings (SSSR count). The molecule has 1 aliphatic heterocycles. The van der Waals surface area contributed by atoms with Gasteiger partial charge in [-0.2, -0.15) is 0 Å².